The molecule has 2 aromatic carbocycles. The van der Waals surface area contributed by atoms with Crippen LogP contribution in [0.4, 0.5) is 0 Å². The van der Waals surface area contributed by atoms with Gasteiger partial charge in [0, 0.05) is 11.1 Å². The van der Waals surface area contributed by atoms with Gasteiger partial charge >= 0.3 is 0 Å². The smallest absolute Gasteiger partial charge is 0.185 e. The van der Waals surface area contributed by atoms with Crippen LogP contribution in [0.1, 0.15) is 48.2 Å². The van der Waals surface area contributed by atoms with Gasteiger partial charge in [-0.25, -0.2) is 0 Å². The number of carbonyl (C=O) groups is 1. The van der Waals surface area contributed by atoms with E-state index in [0.717, 1.165) is 35.5 Å². The van der Waals surface area contributed by atoms with Crippen molar-refractivity contribution in [2.75, 3.05) is 13.2 Å². The summed E-state index contributed by atoms with van der Waals surface area (Å²) >= 11 is 0. The summed E-state index contributed by atoms with van der Waals surface area (Å²) in [6.07, 6.45) is 5.12. The molecule has 0 fully saturated rings. The van der Waals surface area contributed by atoms with E-state index in [9.17, 15) is 9.90 Å². The fourth-order valence-corrected chi connectivity index (χ4v) is 2.40. The van der Waals surface area contributed by atoms with Crippen molar-refractivity contribution in [1.29, 1.82) is 0 Å². The predicted octanol–water partition coefficient (Wildman–Crippen LogP) is 5.17. The van der Waals surface area contributed by atoms with Gasteiger partial charge in [0.2, 0.25) is 0 Å². The average Bonchev–Trinajstić information content (AvgIpc) is 2.65. The molecule has 138 valence electrons. The molecule has 0 amide bonds. The van der Waals surface area contributed by atoms with Crippen LogP contribution in [0.2, 0.25) is 0 Å². The molecule has 0 saturated carbocycles. The lowest BCUT2D eigenvalue weighted by atomic mass is 10.1. The third-order valence-corrected chi connectivity index (χ3v) is 3.84. The van der Waals surface area contributed by atoms with Crippen LogP contribution in [-0.4, -0.2) is 24.1 Å². The third-order valence-electron chi connectivity index (χ3n) is 3.84. The molecular weight excluding hydrogens is 328 g/mol. The summed E-state index contributed by atoms with van der Waals surface area (Å²) < 4.78 is 11.7. The minimum atomic E-state index is -0.127. The highest BCUT2D eigenvalue weighted by atomic mass is 16.5. The van der Waals surface area contributed by atoms with Gasteiger partial charge in [-0.1, -0.05) is 19.9 Å². The van der Waals surface area contributed by atoms with Crippen molar-refractivity contribution in [3.8, 4) is 17.2 Å². The Kier molecular flexibility index (Phi) is 7.27. The minimum Gasteiger partial charge on any atom is -0.508 e. The van der Waals surface area contributed by atoms with E-state index >= 15 is 0 Å². The van der Waals surface area contributed by atoms with E-state index < -0.39 is 0 Å². The van der Waals surface area contributed by atoms with Crippen molar-refractivity contribution in [1.82, 2.24) is 0 Å². The molecule has 0 heterocycles. The molecule has 1 N–H and O–H groups in total. The molecule has 0 aliphatic carbocycles. The predicted molar refractivity (Wildman–Crippen MR) is 104 cm³/mol. The van der Waals surface area contributed by atoms with Gasteiger partial charge in [-0.15, -0.1) is 0 Å². The maximum absolute atomic E-state index is 12.3. The fraction of sp³-hybridized carbons (Fsp3) is 0.318. The number of phenols is 1. The number of carbonyl (C=O) groups excluding carboxylic acids is 1. The summed E-state index contributed by atoms with van der Waals surface area (Å²) in [5.74, 6) is 1.56. The molecule has 0 bridgehead atoms. The molecule has 4 heteroatoms. The van der Waals surface area contributed by atoms with Crippen molar-refractivity contribution in [2.45, 2.75) is 33.6 Å². The second kappa shape index (κ2) is 9.66. The maximum Gasteiger partial charge on any atom is 0.185 e. The Morgan fingerprint density at radius 1 is 1.00 bits per heavy atom. The fourth-order valence-electron chi connectivity index (χ4n) is 2.40. The highest BCUT2D eigenvalue weighted by Gasteiger charge is 2.09. The molecule has 26 heavy (non-hydrogen) atoms. The Labute approximate surface area is 155 Å². The highest BCUT2D eigenvalue weighted by Crippen LogP contribution is 2.31. The average molecular weight is 354 g/mol. The molecule has 0 aliphatic rings. The molecule has 2 rings (SSSR count). The van der Waals surface area contributed by atoms with Crippen LogP contribution in [0.5, 0.6) is 17.2 Å². The van der Waals surface area contributed by atoms with Crippen LogP contribution in [0.25, 0.3) is 6.08 Å². The Hall–Kier alpha value is -2.75. The third kappa shape index (κ3) is 5.38. The summed E-state index contributed by atoms with van der Waals surface area (Å²) in [7, 11) is 0. The number of aromatic hydroxyl groups is 1. The standard InChI is InChI=1S/C22H26O4/c1-4-12-25-21-14-17(15-22(16(21)3)26-13-5-2)6-11-20(24)18-7-9-19(23)10-8-18/h6-11,14-15,23H,4-5,12-13H2,1-3H3/b11-6+. The number of hydrogen-bond acceptors (Lipinski definition) is 4. The molecule has 0 atom stereocenters. The highest BCUT2D eigenvalue weighted by molar-refractivity contribution is 6.06. The van der Waals surface area contributed by atoms with E-state index in [1.807, 2.05) is 19.1 Å². The largest absolute Gasteiger partial charge is 0.508 e. The van der Waals surface area contributed by atoms with Crippen molar-refractivity contribution in [2.24, 2.45) is 0 Å². The zero-order valence-corrected chi connectivity index (χ0v) is 15.6. The summed E-state index contributed by atoms with van der Waals surface area (Å²) in [6, 6.07) is 10.0. The van der Waals surface area contributed by atoms with E-state index in [-0.39, 0.29) is 11.5 Å². The van der Waals surface area contributed by atoms with E-state index in [1.54, 1.807) is 18.2 Å². The molecule has 0 saturated heterocycles. The lowest BCUT2D eigenvalue weighted by Gasteiger charge is -2.14. The number of phenolic OH excluding ortho intramolecular Hbond substituents is 1. The zero-order valence-electron chi connectivity index (χ0n) is 15.6. The van der Waals surface area contributed by atoms with Gasteiger partial charge in [-0.2, -0.15) is 0 Å². The van der Waals surface area contributed by atoms with Gasteiger partial charge in [0.05, 0.1) is 13.2 Å². The summed E-state index contributed by atoms with van der Waals surface area (Å²) in [4.78, 5) is 12.3. The number of ether oxygens (including phenoxy) is 2. The van der Waals surface area contributed by atoms with Gasteiger partial charge in [-0.3, -0.25) is 4.79 Å². The molecule has 0 unspecified atom stereocenters. The van der Waals surface area contributed by atoms with Gasteiger partial charge in [0.25, 0.3) is 0 Å². The summed E-state index contributed by atoms with van der Waals surface area (Å²) in [5.41, 5.74) is 2.34. The molecule has 0 radical (unpaired) electrons. The lowest BCUT2D eigenvalue weighted by Crippen LogP contribution is -2.02. The lowest BCUT2D eigenvalue weighted by molar-refractivity contribution is 0.104. The second-order valence-corrected chi connectivity index (χ2v) is 6.08. The first-order valence-electron chi connectivity index (χ1n) is 8.96. The Bertz CT molecular complexity index is 731. The van der Waals surface area contributed by atoms with Crippen LogP contribution in [0, 0.1) is 6.92 Å². The van der Waals surface area contributed by atoms with Crippen LogP contribution in [0.3, 0.4) is 0 Å². The van der Waals surface area contributed by atoms with Crippen LogP contribution >= 0.6 is 0 Å². The topological polar surface area (TPSA) is 55.8 Å². The number of hydrogen-bond donors (Lipinski definition) is 1. The number of allylic oxidation sites excluding steroid dienone is 1. The van der Waals surface area contributed by atoms with E-state index in [1.165, 1.54) is 18.2 Å². The van der Waals surface area contributed by atoms with Gasteiger partial charge < -0.3 is 14.6 Å². The molecule has 0 aliphatic heterocycles. The Morgan fingerprint density at radius 3 is 2.04 bits per heavy atom. The SMILES string of the molecule is CCCOc1cc(/C=C/C(=O)c2ccc(O)cc2)cc(OCCC)c1C. The van der Waals surface area contributed by atoms with Gasteiger partial charge in [-0.05, 0) is 67.8 Å². The zero-order chi connectivity index (χ0) is 18.9. The molecular formula is C22H26O4. The van der Waals surface area contributed by atoms with Crippen LogP contribution in [0.15, 0.2) is 42.5 Å². The Balaban J connectivity index is 2.25. The van der Waals surface area contributed by atoms with Crippen molar-refractivity contribution in [3.05, 3.63) is 59.2 Å². The number of benzene rings is 2. The Morgan fingerprint density at radius 2 is 1.54 bits per heavy atom. The van der Waals surface area contributed by atoms with Crippen LogP contribution < -0.4 is 9.47 Å². The molecule has 4 nitrogen and oxygen atoms in total. The molecule has 0 spiro atoms. The second-order valence-electron chi connectivity index (χ2n) is 6.08. The van der Waals surface area contributed by atoms with Crippen molar-refractivity contribution >= 4 is 11.9 Å². The monoisotopic (exact) mass is 354 g/mol. The molecule has 0 aromatic heterocycles. The van der Waals surface area contributed by atoms with Crippen molar-refractivity contribution in [3.63, 3.8) is 0 Å². The van der Waals surface area contributed by atoms with Crippen LogP contribution in [-0.2, 0) is 0 Å². The first-order chi connectivity index (χ1) is 12.5. The summed E-state index contributed by atoms with van der Waals surface area (Å²) in [6.45, 7) is 7.36. The first-order valence-corrected chi connectivity index (χ1v) is 8.96. The van der Waals surface area contributed by atoms with Crippen molar-refractivity contribution < 1.29 is 19.4 Å². The normalized spacial score (nSPS) is 10.9. The van der Waals surface area contributed by atoms with Gasteiger partial charge in [0.15, 0.2) is 5.78 Å². The minimum absolute atomic E-state index is 0.127. The quantitative estimate of drug-likeness (QED) is 0.498. The maximum atomic E-state index is 12.3. The first kappa shape index (κ1) is 19.6. The molecule has 2 aromatic rings. The number of ketones is 1. The van der Waals surface area contributed by atoms with E-state index in [0.29, 0.717) is 18.8 Å². The van der Waals surface area contributed by atoms with Gasteiger partial charge in [0.1, 0.15) is 17.2 Å². The summed E-state index contributed by atoms with van der Waals surface area (Å²) in [5, 5.41) is 9.32. The van der Waals surface area contributed by atoms with E-state index in [4.69, 9.17) is 9.47 Å². The number of rotatable bonds is 9. The van der Waals surface area contributed by atoms with E-state index in [2.05, 4.69) is 13.8 Å².